The van der Waals surface area contributed by atoms with Crippen LogP contribution in [0.1, 0.15) is 44.5 Å². The summed E-state index contributed by atoms with van der Waals surface area (Å²) < 4.78 is 5.55. The Hall–Kier alpha value is -0.870. The second-order valence-electron chi connectivity index (χ2n) is 4.96. The van der Waals surface area contributed by atoms with E-state index in [0.717, 1.165) is 0 Å². The van der Waals surface area contributed by atoms with Crippen molar-refractivity contribution in [2.45, 2.75) is 46.3 Å². The molecule has 4 heteroatoms. The van der Waals surface area contributed by atoms with E-state index >= 15 is 0 Å². The minimum absolute atomic E-state index is 0.0578. The third-order valence-corrected chi connectivity index (χ3v) is 3.88. The van der Waals surface area contributed by atoms with Crippen molar-refractivity contribution in [2.75, 3.05) is 0 Å². The minimum Gasteiger partial charge on any atom is -0.458 e. The molecule has 1 heterocycles. The van der Waals surface area contributed by atoms with Gasteiger partial charge in [-0.15, -0.1) is 0 Å². The molecule has 0 aromatic carbocycles. The summed E-state index contributed by atoms with van der Waals surface area (Å²) in [5.41, 5.74) is 0.587. The van der Waals surface area contributed by atoms with E-state index in [1.165, 1.54) is 11.3 Å². The zero-order valence-corrected chi connectivity index (χ0v) is 12.2. The highest BCUT2D eigenvalue weighted by Crippen LogP contribution is 2.23. The molecule has 0 saturated carbocycles. The molecule has 3 nitrogen and oxygen atoms in total. The number of carbonyl (C=O) groups excluding carboxylic acids is 1. The maximum absolute atomic E-state index is 11.9. The molecule has 0 bridgehead atoms. The standard InChI is InChI=1S/C14H22O3S/c1-5-12(15)10(4)13(9(2)3)17-14(16)11-6-7-18-8-11/h6-10,12-13,15H,5H2,1-4H3/t10-,12-,13-/m0/s1. The van der Waals surface area contributed by atoms with E-state index in [9.17, 15) is 9.90 Å². The Balaban J connectivity index is 2.72. The number of ether oxygens (including phenoxy) is 1. The summed E-state index contributed by atoms with van der Waals surface area (Å²) in [6, 6.07) is 1.76. The van der Waals surface area contributed by atoms with Gasteiger partial charge in [0.1, 0.15) is 6.10 Å². The molecule has 102 valence electrons. The molecular weight excluding hydrogens is 248 g/mol. The van der Waals surface area contributed by atoms with Crippen LogP contribution in [0.15, 0.2) is 16.8 Å². The summed E-state index contributed by atoms with van der Waals surface area (Å²) in [7, 11) is 0. The number of hydrogen-bond acceptors (Lipinski definition) is 4. The second kappa shape index (κ2) is 6.90. The third-order valence-electron chi connectivity index (χ3n) is 3.20. The van der Waals surface area contributed by atoms with Gasteiger partial charge in [-0.3, -0.25) is 0 Å². The van der Waals surface area contributed by atoms with Gasteiger partial charge in [-0.05, 0) is 23.8 Å². The van der Waals surface area contributed by atoms with Gasteiger partial charge in [0, 0.05) is 11.3 Å². The molecule has 18 heavy (non-hydrogen) atoms. The van der Waals surface area contributed by atoms with Crippen LogP contribution in [0.5, 0.6) is 0 Å². The zero-order chi connectivity index (χ0) is 13.7. The molecule has 1 rings (SSSR count). The van der Waals surface area contributed by atoms with Gasteiger partial charge in [0.05, 0.1) is 11.7 Å². The van der Waals surface area contributed by atoms with Gasteiger partial charge in [-0.1, -0.05) is 27.7 Å². The average Bonchev–Trinajstić information content (AvgIpc) is 2.87. The van der Waals surface area contributed by atoms with Crippen molar-refractivity contribution in [2.24, 2.45) is 11.8 Å². The lowest BCUT2D eigenvalue weighted by Gasteiger charge is -2.30. The average molecular weight is 270 g/mol. The highest BCUT2D eigenvalue weighted by atomic mass is 32.1. The van der Waals surface area contributed by atoms with Gasteiger partial charge < -0.3 is 9.84 Å². The molecule has 0 aliphatic heterocycles. The Kier molecular flexibility index (Phi) is 5.82. The van der Waals surface area contributed by atoms with Crippen LogP contribution in [0.3, 0.4) is 0 Å². The molecule has 1 aromatic heterocycles. The fourth-order valence-electron chi connectivity index (χ4n) is 2.01. The molecule has 3 atom stereocenters. The summed E-state index contributed by atoms with van der Waals surface area (Å²) in [4.78, 5) is 11.9. The summed E-state index contributed by atoms with van der Waals surface area (Å²) in [6.07, 6.45) is -0.0274. The maximum Gasteiger partial charge on any atom is 0.339 e. The predicted octanol–water partition coefficient (Wildman–Crippen LogP) is 3.34. The molecule has 1 aromatic rings. The van der Waals surface area contributed by atoms with E-state index in [-0.39, 0.29) is 23.9 Å². The largest absolute Gasteiger partial charge is 0.458 e. The van der Waals surface area contributed by atoms with Crippen molar-refractivity contribution in [1.82, 2.24) is 0 Å². The lowest BCUT2D eigenvalue weighted by Crippen LogP contribution is -2.36. The molecule has 0 radical (unpaired) electrons. The molecule has 0 saturated heterocycles. The molecule has 0 unspecified atom stereocenters. The van der Waals surface area contributed by atoms with E-state index in [0.29, 0.717) is 12.0 Å². The fourth-order valence-corrected chi connectivity index (χ4v) is 2.64. The van der Waals surface area contributed by atoms with Crippen LogP contribution in [0.25, 0.3) is 0 Å². The smallest absolute Gasteiger partial charge is 0.339 e. The molecule has 0 spiro atoms. The predicted molar refractivity (Wildman–Crippen MR) is 73.8 cm³/mol. The number of carbonyl (C=O) groups is 1. The SMILES string of the molecule is CC[C@H](O)[C@H](C)[C@@H](OC(=O)c1ccsc1)C(C)C. The monoisotopic (exact) mass is 270 g/mol. The number of aliphatic hydroxyl groups is 1. The Morgan fingerprint density at radius 2 is 2.11 bits per heavy atom. The van der Waals surface area contributed by atoms with Crippen LogP contribution in [0.4, 0.5) is 0 Å². The van der Waals surface area contributed by atoms with Crippen LogP contribution in [-0.4, -0.2) is 23.3 Å². The van der Waals surface area contributed by atoms with Crippen LogP contribution >= 0.6 is 11.3 Å². The van der Waals surface area contributed by atoms with E-state index in [4.69, 9.17) is 4.74 Å². The normalized spacial score (nSPS) is 16.3. The summed E-state index contributed by atoms with van der Waals surface area (Å²) in [6.45, 7) is 7.87. The Morgan fingerprint density at radius 1 is 1.44 bits per heavy atom. The lowest BCUT2D eigenvalue weighted by molar-refractivity contribution is -0.0315. The van der Waals surface area contributed by atoms with E-state index in [1.54, 1.807) is 11.4 Å². The number of thiophene rings is 1. The zero-order valence-electron chi connectivity index (χ0n) is 11.4. The van der Waals surface area contributed by atoms with Gasteiger partial charge in [0.15, 0.2) is 0 Å². The number of rotatable bonds is 6. The minimum atomic E-state index is -0.437. The van der Waals surface area contributed by atoms with Gasteiger partial charge in [-0.2, -0.15) is 11.3 Å². The summed E-state index contributed by atoms with van der Waals surface area (Å²) in [5.74, 6) is -0.175. The molecular formula is C14H22O3S. The van der Waals surface area contributed by atoms with Crippen molar-refractivity contribution >= 4 is 17.3 Å². The van der Waals surface area contributed by atoms with Crippen LogP contribution < -0.4 is 0 Å². The fraction of sp³-hybridized carbons (Fsp3) is 0.643. The first kappa shape index (κ1) is 15.2. The first-order chi connectivity index (χ1) is 8.47. The van der Waals surface area contributed by atoms with Crippen molar-refractivity contribution < 1.29 is 14.6 Å². The number of aliphatic hydroxyl groups excluding tert-OH is 1. The summed E-state index contributed by atoms with van der Waals surface area (Å²) in [5, 5.41) is 13.5. The van der Waals surface area contributed by atoms with Crippen molar-refractivity contribution in [3.05, 3.63) is 22.4 Å². The molecule has 1 N–H and O–H groups in total. The maximum atomic E-state index is 11.9. The van der Waals surface area contributed by atoms with E-state index in [1.807, 2.05) is 33.1 Å². The highest BCUT2D eigenvalue weighted by Gasteiger charge is 2.29. The Labute approximate surface area is 113 Å². The second-order valence-corrected chi connectivity index (χ2v) is 5.74. The Morgan fingerprint density at radius 3 is 2.56 bits per heavy atom. The topological polar surface area (TPSA) is 46.5 Å². The van der Waals surface area contributed by atoms with E-state index < -0.39 is 6.10 Å². The van der Waals surface area contributed by atoms with Gasteiger partial charge in [0.2, 0.25) is 0 Å². The first-order valence-corrected chi connectivity index (χ1v) is 7.32. The van der Waals surface area contributed by atoms with E-state index in [2.05, 4.69) is 0 Å². The molecule has 0 fully saturated rings. The van der Waals surface area contributed by atoms with Gasteiger partial charge in [-0.25, -0.2) is 4.79 Å². The lowest BCUT2D eigenvalue weighted by atomic mass is 9.89. The van der Waals surface area contributed by atoms with Gasteiger partial charge in [0.25, 0.3) is 0 Å². The van der Waals surface area contributed by atoms with Crippen LogP contribution in [0.2, 0.25) is 0 Å². The number of esters is 1. The quantitative estimate of drug-likeness (QED) is 0.806. The first-order valence-electron chi connectivity index (χ1n) is 6.38. The third kappa shape index (κ3) is 3.82. The van der Waals surface area contributed by atoms with Crippen molar-refractivity contribution in [3.63, 3.8) is 0 Å². The molecule has 0 aliphatic rings. The summed E-state index contributed by atoms with van der Waals surface area (Å²) >= 11 is 1.47. The van der Waals surface area contributed by atoms with Crippen LogP contribution in [-0.2, 0) is 4.74 Å². The molecule has 0 amide bonds. The Bertz CT molecular complexity index is 359. The van der Waals surface area contributed by atoms with Crippen LogP contribution in [0, 0.1) is 11.8 Å². The van der Waals surface area contributed by atoms with Gasteiger partial charge >= 0.3 is 5.97 Å². The van der Waals surface area contributed by atoms with Crippen molar-refractivity contribution in [3.8, 4) is 0 Å². The number of hydrogen-bond donors (Lipinski definition) is 1. The highest BCUT2D eigenvalue weighted by molar-refractivity contribution is 7.08. The molecule has 0 aliphatic carbocycles. The van der Waals surface area contributed by atoms with Crippen molar-refractivity contribution in [1.29, 1.82) is 0 Å².